The zero-order valence-electron chi connectivity index (χ0n) is 17.9. The maximum Gasteiger partial charge on any atom is 0.120 e. The van der Waals surface area contributed by atoms with Crippen LogP contribution in [0.25, 0.3) is 0 Å². The highest BCUT2D eigenvalue weighted by Crippen LogP contribution is 2.36. The van der Waals surface area contributed by atoms with Crippen LogP contribution < -0.4 is 0 Å². The average molecular weight is 419 g/mol. The second kappa shape index (κ2) is 8.62. The van der Waals surface area contributed by atoms with Gasteiger partial charge >= 0.3 is 0 Å². The first kappa shape index (κ1) is 23.0. The van der Waals surface area contributed by atoms with Crippen molar-refractivity contribution in [2.24, 2.45) is 0 Å². The SMILES string of the molecule is CC(C)(C)c1cc(CCCCc2cc(C(C)(C)C)c(O)cc2S)c(S)cc1O. The molecule has 0 aliphatic heterocycles. The van der Waals surface area contributed by atoms with Crippen LogP contribution in [0.15, 0.2) is 34.1 Å². The highest BCUT2D eigenvalue weighted by atomic mass is 32.1. The summed E-state index contributed by atoms with van der Waals surface area (Å²) in [5, 5.41) is 20.5. The van der Waals surface area contributed by atoms with Gasteiger partial charge in [0, 0.05) is 9.79 Å². The molecule has 2 N–H and O–H groups in total. The van der Waals surface area contributed by atoms with Crippen LogP contribution in [0.2, 0.25) is 0 Å². The molecule has 0 bridgehead atoms. The number of thiol groups is 2. The minimum atomic E-state index is -0.101. The van der Waals surface area contributed by atoms with Gasteiger partial charge in [0.05, 0.1) is 0 Å². The number of aryl methyl sites for hydroxylation is 2. The number of rotatable bonds is 5. The van der Waals surface area contributed by atoms with Gasteiger partial charge in [-0.15, -0.1) is 25.3 Å². The third-order valence-corrected chi connectivity index (χ3v) is 5.98. The van der Waals surface area contributed by atoms with Crippen molar-refractivity contribution in [1.82, 2.24) is 0 Å². The molecule has 2 aromatic carbocycles. The molecular formula is C24H34O2S2. The van der Waals surface area contributed by atoms with Crippen LogP contribution in [0, 0.1) is 0 Å². The summed E-state index contributed by atoms with van der Waals surface area (Å²) in [5.41, 5.74) is 4.09. The van der Waals surface area contributed by atoms with E-state index in [-0.39, 0.29) is 10.8 Å². The van der Waals surface area contributed by atoms with Crippen LogP contribution in [0.1, 0.15) is 76.6 Å². The van der Waals surface area contributed by atoms with E-state index in [1.165, 1.54) is 11.1 Å². The number of hydrogen-bond donors (Lipinski definition) is 4. The molecule has 0 radical (unpaired) electrons. The molecule has 0 unspecified atom stereocenters. The Hall–Kier alpha value is -1.26. The van der Waals surface area contributed by atoms with Gasteiger partial charge < -0.3 is 10.2 Å². The van der Waals surface area contributed by atoms with Crippen LogP contribution in [0.3, 0.4) is 0 Å². The average Bonchev–Trinajstić information content (AvgIpc) is 2.52. The Balaban J connectivity index is 2.08. The third kappa shape index (κ3) is 5.64. The molecule has 0 fully saturated rings. The molecule has 0 spiro atoms. The summed E-state index contributed by atoms with van der Waals surface area (Å²) < 4.78 is 0. The lowest BCUT2D eigenvalue weighted by atomic mass is 9.84. The minimum absolute atomic E-state index is 0.101. The lowest BCUT2D eigenvalue weighted by Gasteiger charge is -2.22. The van der Waals surface area contributed by atoms with Crippen molar-refractivity contribution in [3.8, 4) is 11.5 Å². The maximum atomic E-state index is 10.2. The van der Waals surface area contributed by atoms with E-state index in [4.69, 9.17) is 0 Å². The summed E-state index contributed by atoms with van der Waals surface area (Å²) in [6.45, 7) is 12.6. The van der Waals surface area contributed by atoms with Crippen LogP contribution in [-0.2, 0) is 23.7 Å². The zero-order chi connectivity index (χ0) is 21.3. The van der Waals surface area contributed by atoms with Crippen molar-refractivity contribution in [2.45, 2.75) is 87.8 Å². The second-order valence-corrected chi connectivity index (χ2v) is 10.7. The third-order valence-electron chi connectivity index (χ3n) is 5.15. The molecule has 0 aromatic heterocycles. The Morgan fingerprint density at radius 2 is 0.964 bits per heavy atom. The predicted molar refractivity (Wildman–Crippen MR) is 125 cm³/mol. The molecule has 4 heteroatoms. The molecule has 0 aliphatic rings. The van der Waals surface area contributed by atoms with E-state index >= 15 is 0 Å². The van der Waals surface area contributed by atoms with Gasteiger partial charge in [0.1, 0.15) is 11.5 Å². The highest BCUT2D eigenvalue weighted by Gasteiger charge is 2.21. The number of hydrogen-bond acceptors (Lipinski definition) is 4. The summed E-state index contributed by atoms with van der Waals surface area (Å²) in [6, 6.07) is 7.72. The molecule has 0 saturated carbocycles. The van der Waals surface area contributed by atoms with Crippen LogP contribution in [0.5, 0.6) is 11.5 Å². The highest BCUT2D eigenvalue weighted by molar-refractivity contribution is 7.80. The van der Waals surface area contributed by atoms with Crippen LogP contribution in [-0.4, -0.2) is 10.2 Å². The van der Waals surface area contributed by atoms with E-state index < -0.39 is 0 Å². The summed E-state index contributed by atoms with van der Waals surface area (Å²) in [7, 11) is 0. The Morgan fingerprint density at radius 1 is 0.643 bits per heavy atom. The first-order chi connectivity index (χ1) is 12.8. The van der Waals surface area contributed by atoms with Gasteiger partial charge in [0.15, 0.2) is 0 Å². The van der Waals surface area contributed by atoms with Crippen LogP contribution in [0.4, 0.5) is 0 Å². The fourth-order valence-corrected chi connectivity index (χ4v) is 4.07. The monoisotopic (exact) mass is 418 g/mol. The topological polar surface area (TPSA) is 40.5 Å². The van der Waals surface area contributed by atoms with E-state index in [9.17, 15) is 10.2 Å². The lowest BCUT2D eigenvalue weighted by Crippen LogP contribution is -2.12. The summed E-state index contributed by atoms with van der Waals surface area (Å²) in [6.07, 6.45) is 3.91. The van der Waals surface area contributed by atoms with Gasteiger partial charge in [-0.3, -0.25) is 0 Å². The van der Waals surface area contributed by atoms with Gasteiger partial charge in [-0.2, -0.15) is 0 Å². The second-order valence-electron chi connectivity index (χ2n) is 9.70. The predicted octanol–water partition coefficient (Wildman–Crippen LogP) is 6.84. The number of benzene rings is 2. The molecule has 2 nitrogen and oxygen atoms in total. The maximum absolute atomic E-state index is 10.2. The Labute approximate surface area is 181 Å². The van der Waals surface area contributed by atoms with Gasteiger partial charge in [-0.1, -0.05) is 53.7 Å². The number of unbranched alkanes of at least 4 members (excludes halogenated alkanes) is 1. The molecular weight excluding hydrogens is 384 g/mol. The molecule has 154 valence electrons. The van der Waals surface area contributed by atoms with Crippen molar-refractivity contribution in [1.29, 1.82) is 0 Å². The largest absolute Gasteiger partial charge is 0.508 e. The fraction of sp³-hybridized carbons (Fsp3) is 0.500. The minimum Gasteiger partial charge on any atom is -0.508 e. The number of phenolic OH excluding ortho intramolecular Hbond substituents is 2. The van der Waals surface area contributed by atoms with Crippen molar-refractivity contribution >= 4 is 25.3 Å². The van der Waals surface area contributed by atoms with Crippen molar-refractivity contribution in [3.05, 3.63) is 46.5 Å². The van der Waals surface area contributed by atoms with E-state index in [0.29, 0.717) is 11.5 Å². The molecule has 0 saturated heterocycles. The van der Waals surface area contributed by atoms with Gasteiger partial charge in [-0.25, -0.2) is 0 Å². The van der Waals surface area contributed by atoms with E-state index in [1.807, 2.05) is 0 Å². The Bertz CT molecular complexity index is 772. The van der Waals surface area contributed by atoms with Crippen molar-refractivity contribution in [2.75, 3.05) is 0 Å². The van der Waals surface area contributed by atoms with Gasteiger partial charge in [0.25, 0.3) is 0 Å². The Kier molecular flexibility index (Phi) is 7.09. The summed E-state index contributed by atoms with van der Waals surface area (Å²) in [4.78, 5) is 1.69. The quantitative estimate of drug-likeness (QED) is 0.317. The number of aromatic hydroxyl groups is 2. The molecule has 2 aromatic rings. The van der Waals surface area contributed by atoms with Crippen molar-refractivity contribution < 1.29 is 10.2 Å². The molecule has 0 atom stereocenters. The normalized spacial score (nSPS) is 12.4. The van der Waals surface area contributed by atoms with Gasteiger partial charge in [-0.05, 0) is 70.9 Å². The summed E-state index contributed by atoms with van der Waals surface area (Å²) >= 11 is 9.11. The lowest BCUT2D eigenvalue weighted by molar-refractivity contribution is 0.443. The Morgan fingerprint density at radius 3 is 1.25 bits per heavy atom. The smallest absolute Gasteiger partial charge is 0.120 e. The van der Waals surface area contributed by atoms with E-state index in [2.05, 4.69) is 78.9 Å². The standard InChI is InChI=1S/C24H34O2S2/c1-23(2,3)17-11-15(21(27)13-19(17)25)9-7-8-10-16-12-18(24(4,5)6)20(26)14-22(16)28/h11-14,25-28H,7-10H2,1-6H3. The van der Waals surface area contributed by atoms with Crippen LogP contribution >= 0.6 is 25.3 Å². The first-order valence-corrected chi connectivity index (χ1v) is 10.8. The molecule has 0 heterocycles. The molecule has 0 aliphatic carbocycles. The molecule has 28 heavy (non-hydrogen) atoms. The number of phenols is 2. The first-order valence-electron chi connectivity index (χ1n) is 9.91. The van der Waals surface area contributed by atoms with E-state index in [0.717, 1.165) is 46.6 Å². The molecule has 2 rings (SSSR count). The zero-order valence-corrected chi connectivity index (χ0v) is 19.7. The molecule has 0 amide bonds. The fourth-order valence-electron chi connectivity index (χ4n) is 3.48. The van der Waals surface area contributed by atoms with Gasteiger partial charge in [0.2, 0.25) is 0 Å². The van der Waals surface area contributed by atoms with E-state index in [1.54, 1.807) is 12.1 Å². The summed E-state index contributed by atoms with van der Waals surface area (Å²) in [5.74, 6) is 0.638. The van der Waals surface area contributed by atoms with Crippen molar-refractivity contribution in [3.63, 3.8) is 0 Å².